The van der Waals surface area contributed by atoms with Crippen LogP contribution in [0.1, 0.15) is 53.4 Å². The van der Waals surface area contributed by atoms with E-state index in [9.17, 15) is 0 Å². The number of hydrogen-bond donors (Lipinski definition) is 0. The molecule has 0 bridgehead atoms. The average molecular weight is 260 g/mol. The van der Waals surface area contributed by atoms with Gasteiger partial charge in [0.1, 0.15) is 5.60 Å². The predicted octanol–water partition coefficient (Wildman–Crippen LogP) is 3.10. The summed E-state index contributed by atoms with van der Waals surface area (Å²) in [6.45, 7) is 8.94. The van der Waals surface area contributed by atoms with Gasteiger partial charge in [0.15, 0.2) is 0 Å². The molecule has 0 unspecified atom stereocenters. The molecule has 1 aliphatic heterocycles. The van der Waals surface area contributed by atoms with Crippen molar-refractivity contribution in [3.63, 3.8) is 0 Å². The van der Waals surface area contributed by atoms with Crippen LogP contribution in [0.15, 0.2) is 0 Å². The third-order valence-corrected chi connectivity index (χ3v) is 4.46. The van der Waals surface area contributed by atoms with Crippen LogP contribution in [0.3, 0.4) is 0 Å². The van der Waals surface area contributed by atoms with E-state index >= 15 is 0 Å². The van der Waals surface area contributed by atoms with Gasteiger partial charge in [-0.1, -0.05) is 27.7 Å². The minimum atomic E-state index is -1.09. The van der Waals surface area contributed by atoms with Crippen molar-refractivity contribution in [1.29, 1.82) is 0 Å². The van der Waals surface area contributed by atoms with Crippen molar-refractivity contribution in [3.8, 4) is 0 Å². The topological polar surface area (TPSA) is 36.9 Å². The summed E-state index contributed by atoms with van der Waals surface area (Å²) in [5.41, 5.74) is -0.784. The van der Waals surface area contributed by atoms with Crippen molar-refractivity contribution in [1.82, 2.24) is 0 Å². The monoisotopic (exact) mass is 260 g/mol. The van der Waals surface area contributed by atoms with Crippen LogP contribution >= 0.6 is 0 Å². The molecule has 0 aromatic rings. The Balaban J connectivity index is 3.14. The van der Waals surface area contributed by atoms with Crippen LogP contribution in [0, 0.1) is 0 Å². The van der Waals surface area contributed by atoms with E-state index < -0.39 is 11.6 Å². The van der Waals surface area contributed by atoms with E-state index in [0.29, 0.717) is 6.61 Å². The van der Waals surface area contributed by atoms with E-state index in [2.05, 4.69) is 27.7 Å². The van der Waals surface area contributed by atoms with E-state index in [-0.39, 0.29) is 5.60 Å². The van der Waals surface area contributed by atoms with Gasteiger partial charge in [0, 0.05) is 14.2 Å². The molecule has 0 amide bonds. The molecule has 0 aromatic heterocycles. The maximum atomic E-state index is 6.48. The minimum absolute atomic E-state index is 0.230. The number of hydrogen-bond acceptors (Lipinski definition) is 4. The third-order valence-electron chi connectivity index (χ3n) is 4.46. The molecule has 4 nitrogen and oxygen atoms in total. The average Bonchev–Trinajstić information content (AvgIpc) is 2.46. The van der Waals surface area contributed by atoms with Crippen molar-refractivity contribution >= 4 is 0 Å². The Morgan fingerprint density at radius 3 is 1.72 bits per heavy atom. The second-order valence-corrected chi connectivity index (χ2v) is 4.95. The van der Waals surface area contributed by atoms with Crippen molar-refractivity contribution < 1.29 is 18.9 Å². The number of rotatable bonds is 6. The van der Waals surface area contributed by atoms with Crippen LogP contribution in [0.5, 0.6) is 0 Å². The van der Waals surface area contributed by atoms with E-state index in [1.54, 1.807) is 14.2 Å². The molecule has 0 radical (unpaired) electrons. The Morgan fingerprint density at radius 1 is 0.889 bits per heavy atom. The molecule has 0 aromatic carbocycles. The minimum Gasteiger partial charge on any atom is -0.358 e. The van der Waals surface area contributed by atoms with Crippen molar-refractivity contribution in [2.24, 2.45) is 0 Å². The van der Waals surface area contributed by atoms with E-state index in [1.165, 1.54) is 0 Å². The van der Waals surface area contributed by atoms with Crippen molar-refractivity contribution in [2.75, 3.05) is 20.8 Å². The van der Waals surface area contributed by atoms with Gasteiger partial charge >= 0.3 is 5.97 Å². The molecule has 1 aliphatic rings. The summed E-state index contributed by atoms with van der Waals surface area (Å²) in [6, 6.07) is 0. The second kappa shape index (κ2) is 5.87. The summed E-state index contributed by atoms with van der Waals surface area (Å²) >= 11 is 0. The zero-order valence-electron chi connectivity index (χ0n) is 12.7. The summed E-state index contributed by atoms with van der Waals surface area (Å²) in [4.78, 5) is 0. The highest BCUT2D eigenvalue weighted by Crippen LogP contribution is 2.46. The molecular formula is C14H28O4. The number of methoxy groups -OCH3 is 2. The van der Waals surface area contributed by atoms with Crippen molar-refractivity contribution in [2.45, 2.75) is 70.6 Å². The van der Waals surface area contributed by atoms with Crippen LogP contribution in [0.25, 0.3) is 0 Å². The highest BCUT2D eigenvalue weighted by Gasteiger charge is 2.60. The quantitative estimate of drug-likeness (QED) is 0.688. The van der Waals surface area contributed by atoms with E-state index in [1.807, 2.05) is 0 Å². The van der Waals surface area contributed by atoms with E-state index in [4.69, 9.17) is 18.9 Å². The molecule has 0 spiro atoms. The summed E-state index contributed by atoms with van der Waals surface area (Å²) in [7, 11) is 3.22. The first kappa shape index (κ1) is 15.9. The van der Waals surface area contributed by atoms with Crippen LogP contribution < -0.4 is 0 Å². The molecule has 1 heterocycles. The highest BCUT2D eigenvalue weighted by molar-refractivity contribution is 4.97. The van der Waals surface area contributed by atoms with Gasteiger partial charge in [-0.3, -0.25) is 0 Å². The van der Waals surface area contributed by atoms with Gasteiger partial charge in [0.05, 0.1) is 12.2 Å². The summed E-state index contributed by atoms with van der Waals surface area (Å²) in [6.07, 6.45) is 3.42. The first-order chi connectivity index (χ1) is 8.53. The molecule has 0 saturated carbocycles. The fourth-order valence-electron chi connectivity index (χ4n) is 2.86. The predicted molar refractivity (Wildman–Crippen MR) is 70.4 cm³/mol. The summed E-state index contributed by atoms with van der Waals surface area (Å²) < 4.78 is 23.5. The molecule has 0 aliphatic carbocycles. The lowest BCUT2D eigenvalue weighted by atomic mass is 9.87. The SMILES string of the molecule is CCC1(CC)COC(OC)(OC)C(CC)(CC)O1. The van der Waals surface area contributed by atoms with Gasteiger partial charge in [-0.05, 0) is 25.7 Å². The number of ether oxygens (including phenoxy) is 4. The molecule has 1 saturated heterocycles. The smallest absolute Gasteiger partial charge is 0.313 e. The van der Waals surface area contributed by atoms with Gasteiger partial charge in [0.25, 0.3) is 0 Å². The lowest BCUT2D eigenvalue weighted by Crippen LogP contribution is -2.68. The summed E-state index contributed by atoms with van der Waals surface area (Å²) in [5.74, 6) is -1.09. The Hall–Kier alpha value is -0.160. The van der Waals surface area contributed by atoms with Crippen molar-refractivity contribution in [3.05, 3.63) is 0 Å². The maximum Gasteiger partial charge on any atom is 0.313 e. The molecule has 4 heteroatoms. The molecular weight excluding hydrogens is 232 g/mol. The van der Waals surface area contributed by atoms with Gasteiger partial charge in [0.2, 0.25) is 0 Å². The lowest BCUT2D eigenvalue weighted by Gasteiger charge is -2.55. The molecule has 0 atom stereocenters. The lowest BCUT2D eigenvalue weighted by molar-refractivity contribution is -0.484. The van der Waals surface area contributed by atoms with Crippen LogP contribution in [-0.2, 0) is 18.9 Å². The zero-order chi connectivity index (χ0) is 13.9. The van der Waals surface area contributed by atoms with Crippen LogP contribution in [0.2, 0.25) is 0 Å². The standard InChI is InChI=1S/C14H28O4/c1-7-12(8-2)11-17-14(15-5,16-6)13(9-3,10-4)18-12/h7-11H2,1-6H3. The molecule has 108 valence electrons. The van der Waals surface area contributed by atoms with Gasteiger partial charge < -0.3 is 18.9 Å². The first-order valence-corrected chi connectivity index (χ1v) is 6.97. The fourth-order valence-corrected chi connectivity index (χ4v) is 2.86. The highest BCUT2D eigenvalue weighted by atomic mass is 16.9. The van der Waals surface area contributed by atoms with Gasteiger partial charge in [-0.25, -0.2) is 0 Å². The van der Waals surface area contributed by atoms with Gasteiger partial charge in [-0.15, -0.1) is 0 Å². The van der Waals surface area contributed by atoms with E-state index in [0.717, 1.165) is 25.7 Å². The van der Waals surface area contributed by atoms with Gasteiger partial charge in [-0.2, -0.15) is 0 Å². The zero-order valence-corrected chi connectivity index (χ0v) is 12.7. The van der Waals surface area contributed by atoms with Crippen LogP contribution in [0.4, 0.5) is 0 Å². The Labute approximate surface area is 111 Å². The second-order valence-electron chi connectivity index (χ2n) is 4.95. The largest absolute Gasteiger partial charge is 0.358 e. The fraction of sp³-hybridized carbons (Fsp3) is 1.00. The third kappa shape index (κ3) is 2.20. The molecule has 1 rings (SSSR count). The Kier molecular flexibility index (Phi) is 5.18. The Morgan fingerprint density at radius 2 is 1.39 bits per heavy atom. The molecule has 0 N–H and O–H groups in total. The molecule has 1 fully saturated rings. The Bertz CT molecular complexity index is 253. The maximum absolute atomic E-state index is 6.48. The first-order valence-electron chi connectivity index (χ1n) is 6.97. The summed E-state index contributed by atoms with van der Waals surface area (Å²) in [5, 5.41) is 0. The van der Waals surface area contributed by atoms with Crippen LogP contribution in [-0.4, -0.2) is 38.0 Å². The molecule has 18 heavy (non-hydrogen) atoms. The normalized spacial score (nSPS) is 25.0.